The molecule has 0 fully saturated rings. The van der Waals surface area contributed by atoms with Gasteiger partial charge in [0.15, 0.2) is 11.5 Å². The number of anilines is 2. The third kappa shape index (κ3) is 6.58. The second-order valence-electron chi connectivity index (χ2n) is 10.4. The molecule has 43 heavy (non-hydrogen) atoms. The van der Waals surface area contributed by atoms with Crippen molar-refractivity contribution in [2.24, 2.45) is 5.73 Å². The Labute approximate surface area is 251 Å². The van der Waals surface area contributed by atoms with Gasteiger partial charge in [-0.25, -0.2) is 0 Å². The maximum absolute atomic E-state index is 12.5. The zero-order valence-electron chi connectivity index (χ0n) is 24.9. The summed E-state index contributed by atoms with van der Waals surface area (Å²) >= 11 is 0. The van der Waals surface area contributed by atoms with E-state index in [0.717, 1.165) is 39.8 Å². The van der Waals surface area contributed by atoms with Gasteiger partial charge in [-0.05, 0) is 61.0 Å². The fourth-order valence-corrected chi connectivity index (χ4v) is 5.49. The van der Waals surface area contributed by atoms with Gasteiger partial charge in [0, 0.05) is 53.6 Å². The number of aliphatic hydroxyl groups excluding tert-OH is 1. The molecule has 5 rings (SSSR count). The number of fused-ring (bicyclic) bond motifs is 2. The highest BCUT2D eigenvalue weighted by atomic mass is 16.5. The lowest BCUT2D eigenvalue weighted by Gasteiger charge is -2.21. The van der Waals surface area contributed by atoms with E-state index in [1.54, 1.807) is 0 Å². The fourth-order valence-electron chi connectivity index (χ4n) is 5.49. The van der Waals surface area contributed by atoms with Gasteiger partial charge in [-0.3, -0.25) is 9.78 Å². The number of aliphatic hydroxyl groups is 1. The number of aromatic amines is 1. The van der Waals surface area contributed by atoms with Crippen molar-refractivity contribution in [1.82, 2.24) is 15.3 Å². The van der Waals surface area contributed by atoms with Gasteiger partial charge < -0.3 is 35.9 Å². The molecule has 2 heterocycles. The topological polar surface area (TPSA) is 135 Å². The van der Waals surface area contributed by atoms with Gasteiger partial charge in [0.1, 0.15) is 0 Å². The van der Waals surface area contributed by atoms with Crippen molar-refractivity contribution in [3.05, 3.63) is 89.2 Å². The number of H-pyrrole nitrogens is 1. The minimum absolute atomic E-state index is 0.00559. The molecule has 1 atom stereocenters. The Morgan fingerprint density at radius 1 is 1.02 bits per heavy atom. The van der Waals surface area contributed by atoms with Crippen LogP contribution in [0.15, 0.2) is 66.9 Å². The molecule has 0 bridgehead atoms. The number of benzene rings is 3. The number of primary amides is 1. The van der Waals surface area contributed by atoms with Crippen LogP contribution in [0.2, 0.25) is 0 Å². The molecule has 1 amide bonds. The van der Waals surface area contributed by atoms with Crippen LogP contribution in [-0.2, 0) is 19.4 Å². The standard InChI is InChI=1S/C34H39N5O4/c1-4-25-22(18-36-24(20-40)15-23-14-21-10-7-8-12-28(21)38-23)11-9-13-29(25)39-33-26-16-31(42-5-2)32(43-6-3)17-30(26)37-19-27(33)34(35)41/h7-14,16-17,19,24,36,38,40H,4-6,15,18,20H2,1-3H3,(H2,35,41)(H,37,39). The maximum atomic E-state index is 12.5. The largest absolute Gasteiger partial charge is 0.490 e. The summed E-state index contributed by atoms with van der Waals surface area (Å²) in [5.41, 5.74) is 12.5. The van der Waals surface area contributed by atoms with Crippen molar-refractivity contribution < 1.29 is 19.4 Å². The van der Waals surface area contributed by atoms with Crippen molar-refractivity contribution in [3.8, 4) is 11.5 Å². The molecule has 9 heteroatoms. The molecule has 3 aromatic carbocycles. The van der Waals surface area contributed by atoms with E-state index in [4.69, 9.17) is 15.2 Å². The molecule has 2 aromatic heterocycles. The van der Waals surface area contributed by atoms with Crippen LogP contribution in [-0.4, -0.2) is 46.8 Å². The van der Waals surface area contributed by atoms with Crippen LogP contribution in [0.3, 0.4) is 0 Å². The van der Waals surface area contributed by atoms with Crippen LogP contribution >= 0.6 is 0 Å². The lowest BCUT2D eigenvalue weighted by Crippen LogP contribution is -2.34. The molecule has 6 N–H and O–H groups in total. The monoisotopic (exact) mass is 581 g/mol. The van der Waals surface area contributed by atoms with Gasteiger partial charge >= 0.3 is 0 Å². The number of pyridine rings is 1. The fraction of sp³-hybridized carbons (Fsp3) is 0.294. The zero-order valence-corrected chi connectivity index (χ0v) is 24.9. The van der Waals surface area contributed by atoms with Gasteiger partial charge in [0.2, 0.25) is 0 Å². The number of rotatable bonds is 14. The lowest BCUT2D eigenvalue weighted by atomic mass is 10.0. The Morgan fingerprint density at radius 2 is 1.79 bits per heavy atom. The quantitative estimate of drug-likeness (QED) is 0.115. The van der Waals surface area contributed by atoms with Crippen molar-refractivity contribution in [2.45, 2.75) is 46.2 Å². The summed E-state index contributed by atoms with van der Waals surface area (Å²) in [6.07, 6.45) is 2.91. The highest BCUT2D eigenvalue weighted by Crippen LogP contribution is 2.38. The third-order valence-electron chi connectivity index (χ3n) is 7.54. The van der Waals surface area contributed by atoms with Crippen LogP contribution in [0.5, 0.6) is 11.5 Å². The third-order valence-corrected chi connectivity index (χ3v) is 7.54. The summed E-state index contributed by atoms with van der Waals surface area (Å²) in [5.74, 6) is 0.583. The number of para-hydroxylation sites is 1. The molecule has 1 unspecified atom stereocenters. The molecule has 0 aliphatic carbocycles. The van der Waals surface area contributed by atoms with Crippen molar-refractivity contribution in [1.29, 1.82) is 0 Å². The second-order valence-corrected chi connectivity index (χ2v) is 10.4. The van der Waals surface area contributed by atoms with E-state index in [-0.39, 0.29) is 18.2 Å². The summed E-state index contributed by atoms with van der Waals surface area (Å²) < 4.78 is 11.7. The van der Waals surface area contributed by atoms with Gasteiger partial charge in [0.05, 0.1) is 36.6 Å². The number of ether oxygens (including phenoxy) is 2. The number of hydrogen-bond acceptors (Lipinski definition) is 7. The van der Waals surface area contributed by atoms with Crippen molar-refractivity contribution >= 4 is 39.1 Å². The van der Waals surface area contributed by atoms with E-state index in [0.29, 0.717) is 54.3 Å². The first-order chi connectivity index (χ1) is 20.9. The number of nitrogens with zero attached hydrogens (tertiary/aromatic N) is 1. The summed E-state index contributed by atoms with van der Waals surface area (Å²) in [4.78, 5) is 20.5. The summed E-state index contributed by atoms with van der Waals surface area (Å²) in [5, 5.41) is 19.1. The van der Waals surface area contributed by atoms with Crippen LogP contribution in [0.4, 0.5) is 11.4 Å². The Kier molecular flexibility index (Phi) is 9.44. The number of nitrogens with one attached hydrogen (secondary N) is 3. The molecular formula is C34H39N5O4. The van der Waals surface area contributed by atoms with E-state index in [1.165, 1.54) is 6.20 Å². The van der Waals surface area contributed by atoms with Crippen LogP contribution in [0.25, 0.3) is 21.8 Å². The normalized spacial score (nSPS) is 12.0. The molecular weight excluding hydrogens is 542 g/mol. The Hall–Kier alpha value is -4.60. The second kappa shape index (κ2) is 13.6. The van der Waals surface area contributed by atoms with Crippen LogP contribution in [0.1, 0.15) is 48.0 Å². The molecule has 5 aromatic rings. The Balaban J connectivity index is 1.44. The highest BCUT2D eigenvalue weighted by molar-refractivity contribution is 6.08. The highest BCUT2D eigenvalue weighted by Gasteiger charge is 2.19. The minimum Gasteiger partial charge on any atom is -0.490 e. The van der Waals surface area contributed by atoms with E-state index in [1.807, 2.05) is 50.2 Å². The predicted molar refractivity (Wildman–Crippen MR) is 171 cm³/mol. The minimum atomic E-state index is -0.581. The van der Waals surface area contributed by atoms with Crippen molar-refractivity contribution in [3.63, 3.8) is 0 Å². The number of aromatic nitrogens is 2. The molecule has 0 aliphatic heterocycles. The number of carbonyl (C=O) groups is 1. The van der Waals surface area contributed by atoms with E-state index in [2.05, 4.69) is 51.8 Å². The maximum Gasteiger partial charge on any atom is 0.252 e. The van der Waals surface area contributed by atoms with E-state index in [9.17, 15) is 9.90 Å². The smallest absolute Gasteiger partial charge is 0.252 e. The molecule has 9 nitrogen and oxygen atoms in total. The first kappa shape index (κ1) is 29.9. The van der Waals surface area contributed by atoms with Gasteiger partial charge in [-0.1, -0.05) is 37.3 Å². The SMILES string of the molecule is CCOc1cc2ncc(C(N)=O)c(Nc3cccc(CNC(CO)Cc4cc5ccccc5[nH]4)c3CC)c2cc1OCC. The summed E-state index contributed by atoms with van der Waals surface area (Å²) in [7, 11) is 0. The van der Waals surface area contributed by atoms with Crippen LogP contribution < -0.4 is 25.8 Å². The van der Waals surface area contributed by atoms with E-state index < -0.39 is 5.91 Å². The van der Waals surface area contributed by atoms with E-state index >= 15 is 0 Å². The predicted octanol–water partition coefficient (Wildman–Crippen LogP) is 5.61. The lowest BCUT2D eigenvalue weighted by molar-refractivity contribution is 0.100. The number of hydrogen-bond donors (Lipinski definition) is 5. The molecule has 0 radical (unpaired) electrons. The number of amides is 1. The molecule has 0 saturated heterocycles. The zero-order chi connectivity index (χ0) is 30.3. The Morgan fingerprint density at radius 3 is 2.49 bits per heavy atom. The van der Waals surface area contributed by atoms with Gasteiger partial charge in [0.25, 0.3) is 5.91 Å². The molecule has 224 valence electrons. The Bertz CT molecular complexity index is 1700. The van der Waals surface area contributed by atoms with Gasteiger partial charge in [-0.2, -0.15) is 0 Å². The summed E-state index contributed by atoms with van der Waals surface area (Å²) in [6, 6.07) is 19.9. The molecule has 0 spiro atoms. The molecule has 0 aliphatic rings. The first-order valence-corrected chi connectivity index (χ1v) is 14.8. The van der Waals surface area contributed by atoms with Crippen LogP contribution in [0, 0.1) is 0 Å². The average molecular weight is 582 g/mol. The average Bonchev–Trinajstić information content (AvgIpc) is 3.42. The number of carbonyl (C=O) groups excluding carboxylic acids is 1. The first-order valence-electron chi connectivity index (χ1n) is 14.8. The molecule has 0 saturated carbocycles. The van der Waals surface area contributed by atoms with Crippen molar-refractivity contribution in [2.75, 3.05) is 25.1 Å². The van der Waals surface area contributed by atoms with Gasteiger partial charge in [-0.15, -0.1) is 0 Å². The number of nitrogens with two attached hydrogens (primary N) is 1. The summed E-state index contributed by atoms with van der Waals surface area (Å²) in [6.45, 7) is 7.43.